The Morgan fingerprint density at radius 2 is 2.10 bits per heavy atom. The minimum atomic E-state index is 0.552. The maximum Gasteiger partial charge on any atom is 0.0645 e. The highest BCUT2D eigenvalue weighted by Gasteiger charge is 2.20. The number of hydrogen-bond donors (Lipinski definition) is 1. The van der Waals surface area contributed by atoms with Gasteiger partial charge in [-0.3, -0.25) is 0 Å². The third-order valence-electron chi connectivity index (χ3n) is 3.89. The van der Waals surface area contributed by atoms with Gasteiger partial charge in [0.05, 0.1) is 11.9 Å². The predicted octanol–water partition coefficient (Wildman–Crippen LogP) is 3.66. The Kier molecular flexibility index (Phi) is 4.20. The summed E-state index contributed by atoms with van der Waals surface area (Å²) in [6, 6.07) is 11.0. The number of nitrogens with zero attached hydrogens (tertiary/aromatic N) is 2. The third kappa shape index (κ3) is 3.82. The molecule has 0 atom stereocenters. The molecule has 2 aromatic rings. The summed E-state index contributed by atoms with van der Waals surface area (Å²) < 4.78 is 1.93. The quantitative estimate of drug-likeness (QED) is 0.875. The van der Waals surface area contributed by atoms with Crippen LogP contribution >= 0.6 is 0 Å². The Labute approximate surface area is 126 Å². The van der Waals surface area contributed by atoms with E-state index in [9.17, 15) is 0 Å². The topological polar surface area (TPSA) is 29.9 Å². The number of hydrogen-bond acceptors (Lipinski definition) is 2. The SMILES string of the molecule is CC(C)C(=Cc1cnn(-c2ccccc2)c1)CNC1CC1. The van der Waals surface area contributed by atoms with E-state index in [4.69, 9.17) is 0 Å². The summed E-state index contributed by atoms with van der Waals surface area (Å²) >= 11 is 0. The van der Waals surface area contributed by atoms with Crippen molar-refractivity contribution in [2.45, 2.75) is 32.7 Å². The summed E-state index contributed by atoms with van der Waals surface area (Å²) in [6.07, 6.45) is 8.96. The van der Waals surface area contributed by atoms with Crippen molar-refractivity contribution in [2.24, 2.45) is 5.92 Å². The summed E-state index contributed by atoms with van der Waals surface area (Å²) in [7, 11) is 0. The molecule has 1 fully saturated rings. The van der Waals surface area contributed by atoms with E-state index in [1.165, 1.54) is 24.0 Å². The fraction of sp³-hybridized carbons (Fsp3) is 0.389. The first kappa shape index (κ1) is 14.1. The summed E-state index contributed by atoms with van der Waals surface area (Å²) in [4.78, 5) is 0. The molecule has 1 N–H and O–H groups in total. The number of benzene rings is 1. The van der Waals surface area contributed by atoms with Crippen LogP contribution in [0, 0.1) is 5.92 Å². The third-order valence-corrected chi connectivity index (χ3v) is 3.89. The average molecular weight is 281 g/mol. The van der Waals surface area contributed by atoms with Crippen LogP contribution in [0.15, 0.2) is 48.3 Å². The molecule has 0 amide bonds. The molecule has 1 aromatic heterocycles. The Bertz CT molecular complexity index is 606. The van der Waals surface area contributed by atoms with Crippen LogP contribution in [0.25, 0.3) is 11.8 Å². The minimum absolute atomic E-state index is 0.552. The van der Waals surface area contributed by atoms with Gasteiger partial charge in [-0.2, -0.15) is 5.10 Å². The fourth-order valence-corrected chi connectivity index (χ4v) is 2.32. The zero-order valence-electron chi connectivity index (χ0n) is 12.8. The van der Waals surface area contributed by atoms with Crippen LogP contribution in [0.3, 0.4) is 0 Å². The van der Waals surface area contributed by atoms with Gasteiger partial charge in [0, 0.05) is 24.3 Å². The highest BCUT2D eigenvalue weighted by Crippen LogP contribution is 2.21. The second-order valence-electron chi connectivity index (χ2n) is 6.08. The molecular formula is C18H23N3. The van der Waals surface area contributed by atoms with Crippen LogP contribution in [-0.4, -0.2) is 22.4 Å². The van der Waals surface area contributed by atoms with Crippen molar-refractivity contribution < 1.29 is 0 Å². The molecule has 1 aliphatic rings. The number of para-hydroxylation sites is 1. The van der Waals surface area contributed by atoms with Crippen LogP contribution in [-0.2, 0) is 0 Å². The molecule has 1 saturated carbocycles. The van der Waals surface area contributed by atoms with Gasteiger partial charge in [0.2, 0.25) is 0 Å². The van der Waals surface area contributed by atoms with E-state index in [1.54, 1.807) is 0 Å². The van der Waals surface area contributed by atoms with Gasteiger partial charge >= 0.3 is 0 Å². The Hall–Kier alpha value is -1.87. The standard InChI is InChI=1S/C18H23N3/c1-14(2)16(12-19-17-8-9-17)10-15-11-20-21(13-15)18-6-4-3-5-7-18/h3-7,10-11,13-14,17,19H,8-9,12H2,1-2H3. The lowest BCUT2D eigenvalue weighted by Crippen LogP contribution is -2.21. The molecule has 3 nitrogen and oxygen atoms in total. The summed E-state index contributed by atoms with van der Waals surface area (Å²) in [5.74, 6) is 0.552. The molecule has 0 unspecified atom stereocenters. The van der Waals surface area contributed by atoms with Gasteiger partial charge < -0.3 is 5.32 Å². The van der Waals surface area contributed by atoms with Crippen LogP contribution in [0.4, 0.5) is 0 Å². The smallest absolute Gasteiger partial charge is 0.0645 e. The van der Waals surface area contributed by atoms with Gasteiger partial charge in [0.25, 0.3) is 0 Å². The first-order valence-corrected chi connectivity index (χ1v) is 7.76. The maximum atomic E-state index is 4.46. The van der Waals surface area contributed by atoms with E-state index < -0.39 is 0 Å². The molecule has 1 heterocycles. The van der Waals surface area contributed by atoms with E-state index in [0.717, 1.165) is 18.3 Å². The van der Waals surface area contributed by atoms with E-state index in [2.05, 4.69) is 48.7 Å². The Morgan fingerprint density at radius 3 is 2.76 bits per heavy atom. The number of aromatic nitrogens is 2. The molecule has 0 aliphatic heterocycles. The van der Waals surface area contributed by atoms with Crippen LogP contribution in [0.2, 0.25) is 0 Å². The van der Waals surface area contributed by atoms with Gasteiger partial charge in [-0.1, -0.05) is 43.7 Å². The molecule has 1 aliphatic carbocycles. The van der Waals surface area contributed by atoms with Crippen molar-refractivity contribution in [1.29, 1.82) is 0 Å². The van der Waals surface area contributed by atoms with E-state index in [0.29, 0.717) is 5.92 Å². The van der Waals surface area contributed by atoms with Gasteiger partial charge in [-0.15, -0.1) is 0 Å². The lowest BCUT2D eigenvalue weighted by Gasteiger charge is -2.12. The molecule has 3 rings (SSSR count). The molecular weight excluding hydrogens is 258 g/mol. The lowest BCUT2D eigenvalue weighted by atomic mass is 10.0. The van der Waals surface area contributed by atoms with Crippen molar-refractivity contribution in [1.82, 2.24) is 15.1 Å². The molecule has 110 valence electrons. The molecule has 0 bridgehead atoms. The van der Waals surface area contributed by atoms with Gasteiger partial charge in [0.15, 0.2) is 0 Å². The van der Waals surface area contributed by atoms with Crippen molar-refractivity contribution in [3.8, 4) is 5.69 Å². The fourth-order valence-electron chi connectivity index (χ4n) is 2.32. The predicted molar refractivity (Wildman–Crippen MR) is 87.4 cm³/mol. The molecule has 1 aromatic carbocycles. The first-order chi connectivity index (χ1) is 10.2. The zero-order valence-corrected chi connectivity index (χ0v) is 12.8. The zero-order chi connectivity index (χ0) is 14.7. The Balaban J connectivity index is 1.75. The normalized spacial score (nSPS) is 15.7. The molecule has 3 heteroatoms. The summed E-state index contributed by atoms with van der Waals surface area (Å²) in [5, 5.41) is 8.06. The molecule has 0 radical (unpaired) electrons. The molecule has 0 spiro atoms. The largest absolute Gasteiger partial charge is 0.310 e. The van der Waals surface area contributed by atoms with Crippen LogP contribution < -0.4 is 5.32 Å². The second-order valence-corrected chi connectivity index (χ2v) is 6.08. The number of nitrogens with one attached hydrogen (secondary N) is 1. The van der Waals surface area contributed by atoms with Gasteiger partial charge in [-0.05, 0) is 30.9 Å². The minimum Gasteiger partial charge on any atom is -0.310 e. The van der Waals surface area contributed by atoms with Crippen molar-refractivity contribution >= 4 is 6.08 Å². The van der Waals surface area contributed by atoms with E-state index in [-0.39, 0.29) is 0 Å². The molecule has 21 heavy (non-hydrogen) atoms. The van der Waals surface area contributed by atoms with Crippen molar-refractivity contribution in [3.05, 3.63) is 53.9 Å². The first-order valence-electron chi connectivity index (χ1n) is 7.76. The van der Waals surface area contributed by atoms with E-state index in [1.807, 2.05) is 29.1 Å². The highest BCUT2D eigenvalue weighted by molar-refractivity contribution is 5.52. The second kappa shape index (κ2) is 6.27. The van der Waals surface area contributed by atoms with Gasteiger partial charge in [0.1, 0.15) is 0 Å². The van der Waals surface area contributed by atoms with Crippen LogP contribution in [0.1, 0.15) is 32.3 Å². The summed E-state index contributed by atoms with van der Waals surface area (Å²) in [6.45, 7) is 5.49. The lowest BCUT2D eigenvalue weighted by molar-refractivity contribution is 0.662. The number of rotatable bonds is 6. The average Bonchev–Trinajstić information content (AvgIpc) is 3.21. The highest BCUT2D eigenvalue weighted by atomic mass is 15.3. The van der Waals surface area contributed by atoms with Crippen molar-refractivity contribution in [3.63, 3.8) is 0 Å². The monoisotopic (exact) mass is 281 g/mol. The maximum absolute atomic E-state index is 4.46. The van der Waals surface area contributed by atoms with Crippen LogP contribution in [0.5, 0.6) is 0 Å². The van der Waals surface area contributed by atoms with E-state index >= 15 is 0 Å². The van der Waals surface area contributed by atoms with Gasteiger partial charge in [-0.25, -0.2) is 4.68 Å². The molecule has 0 saturated heterocycles. The Morgan fingerprint density at radius 1 is 1.33 bits per heavy atom. The summed E-state index contributed by atoms with van der Waals surface area (Å²) in [5.41, 5.74) is 3.70. The van der Waals surface area contributed by atoms with Crippen molar-refractivity contribution in [2.75, 3.05) is 6.54 Å².